The van der Waals surface area contributed by atoms with E-state index in [0.29, 0.717) is 23.4 Å². The first-order valence-electron chi connectivity index (χ1n) is 12.4. The van der Waals surface area contributed by atoms with Gasteiger partial charge < -0.3 is 15.1 Å². The number of nitrogens with zero attached hydrogens (tertiary/aromatic N) is 8. The summed E-state index contributed by atoms with van der Waals surface area (Å²) in [4.78, 5) is 41.7. The first-order valence-corrected chi connectivity index (χ1v) is 12.4. The Hall–Kier alpha value is -4.18. The van der Waals surface area contributed by atoms with Gasteiger partial charge in [-0.05, 0) is 44.2 Å². The van der Waals surface area contributed by atoms with E-state index in [2.05, 4.69) is 49.0 Å². The van der Waals surface area contributed by atoms with Crippen molar-refractivity contribution in [2.75, 3.05) is 50.5 Å². The van der Waals surface area contributed by atoms with Crippen LogP contribution >= 0.6 is 0 Å². The molecule has 0 radical (unpaired) electrons. The van der Waals surface area contributed by atoms with Crippen molar-refractivity contribution < 1.29 is 4.79 Å². The lowest BCUT2D eigenvalue weighted by molar-refractivity contribution is 0.0595. The number of rotatable bonds is 6. The first kappa shape index (κ1) is 24.5. The molecule has 5 rings (SSSR count). The molecule has 1 amide bonds. The zero-order valence-electron chi connectivity index (χ0n) is 21.6. The van der Waals surface area contributed by atoms with E-state index in [1.54, 1.807) is 30.7 Å². The standard InChI is InChI=1S/C27H31N9O/c1-18(2)35-11-13-36(14-12-35)26(37)20-6-8-24(30-16-20)33-27-28-10-9-21(32-27)19-5-7-22-23(15-19)31-25(17-29-22)34(3)4/h5-10,15-18H,11-14H2,1-4H3,(H,28,30,32,33). The molecule has 0 aliphatic carbocycles. The Morgan fingerprint density at radius 2 is 1.73 bits per heavy atom. The summed E-state index contributed by atoms with van der Waals surface area (Å²) >= 11 is 0. The molecule has 1 saturated heterocycles. The topological polar surface area (TPSA) is 103 Å². The minimum Gasteiger partial charge on any atom is -0.361 e. The lowest BCUT2D eigenvalue weighted by Crippen LogP contribution is -2.50. The zero-order chi connectivity index (χ0) is 25.9. The molecule has 4 heterocycles. The Morgan fingerprint density at radius 1 is 0.919 bits per heavy atom. The first-order chi connectivity index (χ1) is 17.9. The Bertz CT molecular complexity index is 1400. The summed E-state index contributed by atoms with van der Waals surface area (Å²) in [5.74, 6) is 1.79. The van der Waals surface area contributed by atoms with Gasteiger partial charge >= 0.3 is 0 Å². The molecule has 0 atom stereocenters. The fraction of sp³-hybridized carbons (Fsp3) is 0.333. The van der Waals surface area contributed by atoms with Crippen molar-refractivity contribution in [3.8, 4) is 11.3 Å². The molecule has 0 saturated carbocycles. The highest BCUT2D eigenvalue weighted by atomic mass is 16.2. The molecule has 1 aromatic carbocycles. The highest BCUT2D eigenvalue weighted by Gasteiger charge is 2.23. The summed E-state index contributed by atoms with van der Waals surface area (Å²) in [6.45, 7) is 7.62. The number of benzene rings is 1. The predicted molar refractivity (Wildman–Crippen MR) is 145 cm³/mol. The second-order valence-corrected chi connectivity index (χ2v) is 9.57. The highest BCUT2D eigenvalue weighted by molar-refractivity contribution is 5.94. The van der Waals surface area contributed by atoms with Crippen LogP contribution in [0.5, 0.6) is 0 Å². The maximum Gasteiger partial charge on any atom is 0.255 e. The monoisotopic (exact) mass is 497 g/mol. The molecule has 3 aromatic heterocycles. The SMILES string of the molecule is CC(C)N1CCN(C(=O)c2ccc(Nc3nccc(-c4ccc5ncc(N(C)C)nc5c4)n3)nc2)CC1. The maximum absolute atomic E-state index is 12.9. The molecule has 0 unspecified atom stereocenters. The predicted octanol–water partition coefficient (Wildman–Crippen LogP) is 3.46. The van der Waals surface area contributed by atoms with Crippen LogP contribution in [0.2, 0.25) is 0 Å². The normalized spacial score (nSPS) is 14.2. The lowest BCUT2D eigenvalue weighted by Gasteiger charge is -2.36. The van der Waals surface area contributed by atoms with Crippen molar-refractivity contribution in [2.45, 2.75) is 19.9 Å². The van der Waals surface area contributed by atoms with Crippen molar-refractivity contribution >= 4 is 34.5 Å². The van der Waals surface area contributed by atoms with Gasteiger partial charge in [-0.2, -0.15) is 0 Å². The van der Waals surface area contributed by atoms with Gasteiger partial charge in [-0.3, -0.25) is 14.7 Å². The van der Waals surface area contributed by atoms with Crippen molar-refractivity contribution in [1.82, 2.24) is 34.7 Å². The molecule has 190 valence electrons. The minimum absolute atomic E-state index is 0.0116. The van der Waals surface area contributed by atoms with Gasteiger partial charge in [0, 0.05) is 64.3 Å². The fourth-order valence-corrected chi connectivity index (χ4v) is 4.29. The number of hydrogen-bond acceptors (Lipinski definition) is 9. The average molecular weight is 498 g/mol. The summed E-state index contributed by atoms with van der Waals surface area (Å²) in [6, 6.07) is 11.8. The molecule has 10 heteroatoms. The van der Waals surface area contributed by atoms with Crippen LogP contribution in [0.15, 0.2) is 55.0 Å². The third-order valence-corrected chi connectivity index (χ3v) is 6.52. The van der Waals surface area contributed by atoms with E-state index in [4.69, 9.17) is 0 Å². The quantitative estimate of drug-likeness (QED) is 0.429. The van der Waals surface area contributed by atoms with Crippen LogP contribution in [0, 0.1) is 0 Å². The van der Waals surface area contributed by atoms with Crippen LogP contribution in [0.25, 0.3) is 22.3 Å². The number of carbonyl (C=O) groups excluding carboxylic acids is 1. The summed E-state index contributed by atoms with van der Waals surface area (Å²) < 4.78 is 0. The van der Waals surface area contributed by atoms with E-state index in [9.17, 15) is 4.79 Å². The third kappa shape index (κ3) is 5.49. The highest BCUT2D eigenvalue weighted by Crippen LogP contribution is 2.23. The summed E-state index contributed by atoms with van der Waals surface area (Å²) in [6.07, 6.45) is 5.06. The minimum atomic E-state index is 0.0116. The fourth-order valence-electron chi connectivity index (χ4n) is 4.29. The molecule has 1 fully saturated rings. The number of hydrogen-bond donors (Lipinski definition) is 1. The molecule has 1 aliphatic heterocycles. The van der Waals surface area contributed by atoms with Crippen molar-refractivity contribution in [2.24, 2.45) is 0 Å². The molecule has 37 heavy (non-hydrogen) atoms. The van der Waals surface area contributed by atoms with Gasteiger partial charge in [-0.15, -0.1) is 0 Å². The molecule has 0 spiro atoms. The van der Waals surface area contributed by atoms with Gasteiger partial charge in [-0.1, -0.05) is 6.07 Å². The Morgan fingerprint density at radius 3 is 2.43 bits per heavy atom. The number of piperazine rings is 1. The van der Waals surface area contributed by atoms with E-state index >= 15 is 0 Å². The number of pyridine rings is 1. The molecular formula is C27H31N9O. The molecule has 10 nitrogen and oxygen atoms in total. The van der Waals surface area contributed by atoms with Gasteiger partial charge in [0.25, 0.3) is 5.91 Å². The Labute approximate surface area is 216 Å². The van der Waals surface area contributed by atoms with Crippen molar-refractivity contribution in [3.63, 3.8) is 0 Å². The van der Waals surface area contributed by atoms with E-state index in [1.807, 2.05) is 48.2 Å². The summed E-state index contributed by atoms with van der Waals surface area (Å²) in [7, 11) is 3.87. The number of fused-ring (bicyclic) bond motifs is 1. The lowest BCUT2D eigenvalue weighted by atomic mass is 10.1. The second-order valence-electron chi connectivity index (χ2n) is 9.57. The van der Waals surface area contributed by atoms with Crippen molar-refractivity contribution in [3.05, 3.63) is 60.6 Å². The van der Waals surface area contributed by atoms with E-state index in [-0.39, 0.29) is 5.91 Å². The van der Waals surface area contributed by atoms with Crippen LogP contribution in [-0.2, 0) is 0 Å². The second kappa shape index (κ2) is 10.4. The van der Waals surface area contributed by atoms with Crippen LogP contribution < -0.4 is 10.2 Å². The third-order valence-electron chi connectivity index (χ3n) is 6.52. The number of carbonyl (C=O) groups is 1. The average Bonchev–Trinajstić information content (AvgIpc) is 2.92. The number of amides is 1. The van der Waals surface area contributed by atoms with Gasteiger partial charge in [0.2, 0.25) is 5.95 Å². The Kier molecular flexibility index (Phi) is 6.91. The van der Waals surface area contributed by atoms with Gasteiger partial charge in [0.05, 0.1) is 28.5 Å². The zero-order valence-corrected chi connectivity index (χ0v) is 21.6. The number of anilines is 3. The summed E-state index contributed by atoms with van der Waals surface area (Å²) in [5, 5.41) is 3.14. The van der Waals surface area contributed by atoms with Crippen LogP contribution in [0.1, 0.15) is 24.2 Å². The van der Waals surface area contributed by atoms with Crippen molar-refractivity contribution in [1.29, 1.82) is 0 Å². The number of aromatic nitrogens is 5. The van der Waals surface area contributed by atoms with Crippen LogP contribution in [0.3, 0.4) is 0 Å². The molecular weight excluding hydrogens is 466 g/mol. The van der Waals surface area contributed by atoms with E-state index in [1.165, 1.54) is 0 Å². The Balaban J connectivity index is 1.28. The van der Waals surface area contributed by atoms with Gasteiger partial charge in [0.15, 0.2) is 0 Å². The molecule has 1 aliphatic rings. The van der Waals surface area contributed by atoms with Crippen LogP contribution in [-0.4, -0.2) is 86.9 Å². The van der Waals surface area contributed by atoms with E-state index in [0.717, 1.165) is 54.3 Å². The van der Waals surface area contributed by atoms with Crippen LogP contribution in [0.4, 0.5) is 17.6 Å². The summed E-state index contributed by atoms with van der Waals surface area (Å²) in [5.41, 5.74) is 3.86. The number of nitrogens with one attached hydrogen (secondary N) is 1. The molecule has 4 aromatic rings. The largest absolute Gasteiger partial charge is 0.361 e. The van der Waals surface area contributed by atoms with E-state index < -0.39 is 0 Å². The molecule has 0 bridgehead atoms. The smallest absolute Gasteiger partial charge is 0.255 e. The maximum atomic E-state index is 12.9. The van der Waals surface area contributed by atoms with Gasteiger partial charge in [-0.25, -0.2) is 19.9 Å². The van der Waals surface area contributed by atoms with Gasteiger partial charge in [0.1, 0.15) is 11.6 Å². The molecule has 1 N–H and O–H groups in total.